The Hall–Kier alpha value is -2.03. The Balaban J connectivity index is 0.00000261. The fraction of sp³-hybridized carbons (Fsp3) is 0.400. The molecule has 0 aliphatic heterocycles. The summed E-state index contributed by atoms with van der Waals surface area (Å²) < 4.78 is 5.23. The molecule has 1 amide bonds. The molecule has 1 heterocycles. The molecule has 1 aromatic carbocycles. The molecule has 27 heavy (non-hydrogen) atoms. The Kier molecular flexibility index (Phi) is 8.15. The van der Waals surface area contributed by atoms with Crippen LogP contribution in [-0.2, 0) is 13.1 Å². The van der Waals surface area contributed by atoms with Gasteiger partial charge < -0.3 is 20.4 Å². The number of amides is 1. The summed E-state index contributed by atoms with van der Waals surface area (Å²) in [5, 5.41) is 9.56. The van der Waals surface area contributed by atoms with Crippen LogP contribution in [0.15, 0.2) is 52.1 Å². The van der Waals surface area contributed by atoms with Gasteiger partial charge in [0.1, 0.15) is 5.76 Å². The average molecular weight is 482 g/mol. The van der Waals surface area contributed by atoms with Gasteiger partial charge in [-0.25, -0.2) is 4.99 Å². The van der Waals surface area contributed by atoms with Crippen molar-refractivity contribution < 1.29 is 9.21 Å². The molecule has 0 radical (unpaired) electrons. The lowest BCUT2D eigenvalue weighted by molar-refractivity contribution is 0.0948. The molecule has 6 nitrogen and oxygen atoms in total. The molecule has 3 N–H and O–H groups in total. The van der Waals surface area contributed by atoms with Gasteiger partial charge in [0.2, 0.25) is 0 Å². The third kappa shape index (κ3) is 6.57. The minimum absolute atomic E-state index is 0. The summed E-state index contributed by atoms with van der Waals surface area (Å²) in [5.41, 5.74) is 1.62. The van der Waals surface area contributed by atoms with Crippen molar-refractivity contribution in [3.05, 3.63) is 59.5 Å². The monoisotopic (exact) mass is 482 g/mol. The molecular weight excluding hydrogens is 455 g/mol. The molecule has 0 saturated heterocycles. The van der Waals surface area contributed by atoms with Crippen molar-refractivity contribution in [2.24, 2.45) is 10.9 Å². The van der Waals surface area contributed by atoms with Crippen LogP contribution in [0.1, 0.15) is 41.9 Å². The van der Waals surface area contributed by atoms with Crippen LogP contribution in [0.4, 0.5) is 0 Å². The molecule has 0 spiro atoms. The molecular formula is C20H27IN4O2. The minimum Gasteiger partial charge on any atom is -0.467 e. The van der Waals surface area contributed by atoms with Gasteiger partial charge in [0, 0.05) is 18.2 Å². The molecule has 1 aliphatic rings. The zero-order chi connectivity index (χ0) is 18.4. The molecule has 2 unspecified atom stereocenters. The van der Waals surface area contributed by atoms with Gasteiger partial charge in [-0.2, -0.15) is 0 Å². The van der Waals surface area contributed by atoms with E-state index >= 15 is 0 Å². The third-order valence-electron chi connectivity index (χ3n) is 4.39. The fourth-order valence-electron chi connectivity index (χ4n) is 2.68. The number of guanidine groups is 1. The van der Waals surface area contributed by atoms with Gasteiger partial charge in [0.05, 0.1) is 19.4 Å². The summed E-state index contributed by atoms with van der Waals surface area (Å²) in [7, 11) is 0. The summed E-state index contributed by atoms with van der Waals surface area (Å²) >= 11 is 0. The van der Waals surface area contributed by atoms with Crippen molar-refractivity contribution in [2.75, 3.05) is 6.54 Å². The Bertz CT molecular complexity index is 761. The highest BCUT2D eigenvalue weighted by Crippen LogP contribution is 2.28. The van der Waals surface area contributed by atoms with Crippen LogP contribution in [0.3, 0.4) is 0 Å². The van der Waals surface area contributed by atoms with Gasteiger partial charge in [-0.15, -0.1) is 24.0 Å². The van der Waals surface area contributed by atoms with Gasteiger partial charge in [0.15, 0.2) is 5.96 Å². The molecule has 2 aromatic rings. The number of hydrogen-bond acceptors (Lipinski definition) is 3. The number of aliphatic imine (C=N–C) groups is 1. The van der Waals surface area contributed by atoms with Crippen LogP contribution in [0.2, 0.25) is 0 Å². The summed E-state index contributed by atoms with van der Waals surface area (Å²) in [6, 6.07) is 11.7. The number of hydrogen-bond donors (Lipinski definition) is 3. The first-order chi connectivity index (χ1) is 12.7. The normalized spacial score (nSPS) is 18.4. The predicted octanol–water partition coefficient (Wildman–Crippen LogP) is 3.29. The zero-order valence-corrected chi connectivity index (χ0v) is 18.0. The zero-order valence-electron chi connectivity index (χ0n) is 15.7. The largest absolute Gasteiger partial charge is 0.467 e. The predicted molar refractivity (Wildman–Crippen MR) is 117 cm³/mol. The highest BCUT2D eigenvalue weighted by molar-refractivity contribution is 14.0. The van der Waals surface area contributed by atoms with Gasteiger partial charge >= 0.3 is 0 Å². The third-order valence-corrected chi connectivity index (χ3v) is 4.39. The molecule has 146 valence electrons. The molecule has 1 fully saturated rings. The molecule has 7 heteroatoms. The van der Waals surface area contributed by atoms with Crippen molar-refractivity contribution in [3.8, 4) is 0 Å². The van der Waals surface area contributed by atoms with Crippen LogP contribution in [0.25, 0.3) is 0 Å². The summed E-state index contributed by atoms with van der Waals surface area (Å²) in [5.74, 6) is 2.15. The van der Waals surface area contributed by atoms with E-state index in [0.717, 1.165) is 23.8 Å². The first-order valence-corrected chi connectivity index (χ1v) is 9.10. The van der Waals surface area contributed by atoms with Crippen molar-refractivity contribution in [1.29, 1.82) is 0 Å². The highest BCUT2D eigenvalue weighted by atomic mass is 127. The molecule has 1 aliphatic carbocycles. The summed E-state index contributed by atoms with van der Waals surface area (Å²) in [4.78, 5) is 16.9. The lowest BCUT2D eigenvalue weighted by Gasteiger charge is -2.11. The Morgan fingerprint density at radius 2 is 2.07 bits per heavy atom. The molecule has 1 saturated carbocycles. The van der Waals surface area contributed by atoms with Gasteiger partial charge in [-0.05, 0) is 49.1 Å². The first-order valence-electron chi connectivity index (χ1n) is 9.10. The van der Waals surface area contributed by atoms with E-state index in [1.54, 1.807) is 18.4 Å². The lowest BCUT2D eigenvalue weighted by atomic mass is 10.1. The SMILES string of the molecule is CCNC(=NCc1cccc(C(=O)NCc2ccco2)c1)NC1CC1C.I. The minimum atomic E-state index is -0.121. The standard InChI is InChI=1S/C20H26N4O2.HI/c1-3-21-20(24-18-10-14(18)2)23-12-15-6-4-7-16(11-15)19(25)22-13-17-8-5-9-26-17;/h4-9,11,14,18H,3,10,12-13H2,1-2H3,(H,22,25)(H2,21,23,24);1H. The number of furan rings is 1. The van der Waals surface area contributed by atoms with E-state index in [0.29, 0.717) is 30.6 Å². The molecule has 2 atom stereocenters. The van der Waals surface area contributed by atoms with Crippen molar-refractivity contribution in [2.45, 2.75) is 39.4 Å². The van der Waals surface area contributed by atoms with Crippen LogP contribution in [0.5, 0.6) is 0 Å². The van der Waals surface area contributed by atoms with E-state index in [4.69, 9.17) is 4.42 Å². The number of nitrogens with one attached hydrogen (secondary N) is 3. The number of rotatable bonds is 7. The maximum atomic E-state index is 12.3. The second-order valence-corrected chi connectivity index (χ2v) is 6.62. The topological polar surface area (TPSA) is 78.7 Å². The van der Waals surface area contributed by atoms with Gasteiger partial charge in [-0.1, -0.05) is 19.1 Å². The Labute approximate surface area is 177 Å². The van der Waals surface area contributed by atoms with E-state index in [-0.39, 0.29) is 29.9 Å². The number of halogens is 1. The molecule has 3 rings (SSSR count). The second kappa shape index (κ2) is 10.3. The van der Waals surface area contributed by atoms with Crippen molar-refractivity contribution >= 4 is 35.8 Å². The fourth-order valence-corrected chi connectivity index (χ4v) is 2.68. The van der Waals surface area contributed by atoms with E-state index in [1.807, 2.05) is 24.3 Å². The first kappa shape index (κ1) is 21.3. The van der Waals surface area contributed by atoms with Crippen LogP contribution in [-0.4, -0.2) is 24.5 Å². The Morgan fingerprint density at radius 1 is 1.26 bits per heavy atom. The maximum Gasteiger partial charge on any atom is 0.251 e. The summed E-state index contributed by atoms with van der Waals surface area (Å²) in [6.45, 7) is 6.00. The van der Waals surface area contributed by atoms with Crippen molar-refractivity contribution in [1.82, 2.24) is 16.0 Å². The lowest BCUT2D eigenvalue weighted by Crippen LogP contribution is -2.39. The second-order valence-electron chi connectivity index (χ2n) is 6.62. The number of carbonyl (C=O) groups is 1. The van der Waals surface area contributed by atoms with E-state index in [9.17, 15) is 4.79 Å². The van der Waals surface area contributed by atoms with Crippen LogP contribution >= 0.6 is 24.0 Å². The molecule has 0 bridgehead atoms. The van der Waals surface area contributed by atoms with E-state index in [1.165, 1.54) is 6.42 Å². The maximum absolute atomic E-state index is 12.3. The van der Waals surface area contributed by atoms with Gasteiger partial charge in [0.25, 0.3) is 5.91 Å². The van der Waals surface area contributed by atoms with Crippen LogP contribution in [0, 0.1) is 5.92 Å². The number of benzene rings is 1. The highest BCUT2D eigenvalue weighted by Gasteiger charge is 2.33. The quantitative estimate of drug-likeness (QED) is 0.322. The van der Waals surface area contributed by atoms with Crippen LogP contribution < -0.4 is 16.0 Å². The molecule has 1 aromatic heterocycles. The van der Waals surface area contributed by atoms with E-state index < -0.39 is 0 Å². The number of carbonyl (C=O) groups excluding carboxylic acids is 1. The average Bonchev–Trinajstić information content (AvgIpc) is 3.11. The summed E-state index contributed by atoms with van der Waals surface area (Å²) in [6.07, 6.45) is 2.79. The van der Waals surface area contributed by atoms with Gasteiger partial charge in [-0.3, -0.25) is 4.79 Å². The Morgan fingerprint density at radius 3 is 2.74 bits per heavy atom. The van der Waals surface area contributed by atoms with E-state index in [2.05, 4.69) is 34.8 Å². The van der Waals surface area contributed by atoms with Crippen molar-refractivity contribution in [3.63, 3.8) is 0 Å². The number of nitrogens with zero attached hydrogens (tertiary/aromatic N) is 1. The smallest absolute Gasteiger partial charge is 0.251 e.